The first-order valence-corrected chi connectivity index (χ1v) is 6.82. The van der Waals surface area contributed by atoms with Gasteiger partial charge in [0.05, 0.1) is 5.56 Å². The summed E-state index contributed by atoms with van der Waals surface area (Å²) in [6.45, 7) is 1.32. The Balaban J connectivity index is 2.08. The van der Waals surface area contributed by atoms with Crippen molar-refractivity contribution in [2.75, 3.05) is 5.32 Å². The number of rotatable bonds is 4. The van der Waals surface area contributed by atoms with E-state index in [1.54, 1.807) is 24.3 Å². The highest BCUT2D eigenvalue weighted by molar-refractivity contribution is 6.30. The van der Waals surface area contributed by atoms with Gasteiger partial charge in [-0.1, -0.05) is 23.7 Å². The molecule has 0 spiro atoms. The molecule has 22 heavy (non-hydrogen) atoms. The molecule has 0 heterocycles. The predicted molar refractivity (Wildman–Crippen MR) is 81.3 cm³/mol. The predicted octanol–water partition coefficient (Wildman–Crippen LogP) is 3.79. The van der Waals surface area contributed by atoms with Crippen molar-refractivity contribution in [1.82, 2.24) is 0 Å². The van der Waals surface area contributed by atoms with E-state index in [-0.39, 0.29) is 18.1 Å². The van der Waals surface area contributed by atoms with Crippen molar-refractivity contribution in [2.45, 2.75) is 13.5 Å². The summed E-state index contributed by atoms with van der Waals surface area (Å²) in [6, 6.07) is 10.5. The molecule has 1 amide bonds. The maximum absolute atomic E-state index is 13.7. The Bertz CT molecular complexity index is 701. The fourth-order valence-electron chi connectivity index (χ4n) is 1.77. The Kier molecular flexibility index (Phi) is 5.12. The molecule has 0 aliphatic heterocycles. The molecule has 1 N–H and O–H groups in total. The van der Waals surface area contributed by atoms with Crippen LogP contribution in [0.15, 0.2) is 42.5 Å². The monoisotopic (exact) mass is 321 g/mol. The molecule has 0 aromatic heterocycles. The standard InChI is InChI=1S/C16H13ClFNO3/c1-10(20)19-13-6-7-15(18)14(8-13)16(21)22-9-11-2-4-12(17)5-3-11/h2-8H,9H2,1H3,(H,19,20). The van der Waals surface area contributed by atoms with Crippen LogP contribution in [0.1, 0.15) is 22.8 Å². The first-order valence-electron chi connectivity index (χ1n) is 6.44. The van der Waals surface area contributed by atoms with Gasteiger partial charge in [-0.05, 0) is 35.9 Å². The van der Waals surface area contributed by atoms with Crippen molar-refractivity contribution in [2.24, 2.45) is 0 Å². The number of carbonyl (C=O) groups excluding carboxylic acids is 2. The lowest BCUT2D eigenvalue weighted by atomic mass is 10.2. The summed E-state index contributed by atoms with van der Waals surface area (Å²) in [5.41, 5.74) is 0.823. The van der Waals surface area contributed by atoms with Gasteiger partial charge >= 0.3 is 5.97 Å². The summed E-state index contributed by atoms with van der Waals surface area (Å²) < 4.78 is 18.8. The number of carbonyl (C=O) groups is 2. The van der Waals surface area contributed by atoms with E-state index in [1.807, 2.05) is 0 Å². The van der Waals surface area contributed by atoms with Crippen molar-refractivity contribution in [3.63, 3.8) is 0 Å². The first-order chi connectivity index (χ1) is 10.5. The van der Waals surface area contributed by atoms with Gasteiger partial charge in [0.2, 0.25) is 5.91 Å². The minimum absolute atomic E-state index is 0.000192. The van der Waals surface area contributed by atoms with Crippen LogP contribution in [0.4, 0.5) is 10.1 Å². The molecular weight excluding hydrogens is 309 g/mol. The molecule has 0 aliphatic rings. The zero-order chi connectivity index (χ0) is 16.1. The van der Waals surface area contributed by atoms with E-state index in [0.717, 1.165) is 11.6 Å². The molecule has 2 rings (SSSR count). The van der Waals surface area contributed by atoms with Crippen LogP contribution in [0.25, 0.3) is 0 Å². The molecule has 2 aromatic carbocycles. The average molecular weight is 322 g/mol. The lowest BCUT2D eigenvalue weighted by molar-refractivity contribution is -0.114. The lowest BCUT2D eigenvalue weighted by Crippen LogP contribution is -2.10. The molecule has 0 atom stereocenters. The van der Waals surface area contributed by atoms with E-state index in [0.29, 0.717) is 10.7 Å². The molecule has 6 heteroatoms. The summed E-state index contributed by atoms with van der Waals surface area (Å²) >= 11 is 5.76. The normalized spacial score (nSPS) is 10.1. The number of nitrogens with one attached hydrogen (secondary N) is 1. The summed E-state index contributed by atoms with van der Waals surface area (Å²) in [4.78, 5) is 22.9. The number of hydrogen-bond donors (Lipinski definition) is 1. The average Bonchev–Trinajstić information content (AvgIpc) is 2.48. The second-order valence-electron chi connectivity index (χ2n) is 4.58. The summed E-state index contributed by atoms with van der Waals surface area (Å²) in [5, 5.41) is 3.05. The van der Waals surface area contributed by atoms with Gasteiger partial charge in [-0.25, -0.2) is 9.18 Å². The van der Waals surface area contributed by atoms with Gasteiger partial charge in [0.1, 0.15) is 12.4 Å². The topological polar surface area (TPSA) is 55.4 Å². The summed E-state index contributed by atoms with van der Waals surface area (Å²) in [6.07, 6.45) is 0. The van der Waals surface area contributed by atoms with E-state index in [4.69, 9.17) is 16.3 Å². The van der Waals surface area contributed by atoms with Gasteiger partial charge in [-0.15, -0.1) is 0 Å². The minimum atomic E-state index is -0.806. The van der Waals surface area contributed by atoms with Crippen molar-refractivity contribution in [1.29, 1.82) is 0 Å². The van der Waals surface area contributed by atoms with Gasteiger partial charge in [0.25, 0.3) is 0 Å². The summed E-state index contributed by atoms with van der Waals surface area (Å²) in [5.74, 6) is -1.83. The largest absolute Gasteiger partial charge is 0.457 e. The quantitative estimate of drug-likeness (QED) is 0.872. The highest BCUT2D eigenvalue weighted by Crippen LogP contribution is 2.17. The molecule has 114 valence electrons. The van der Waals surface area contributed by atoms with Gasteiger partial charge < -0.3 is 10.1 Å². The Morgan fingerprint density at radius 3 is 2.50 bits per heavy atom. The number of anilines is 1. The Morgan fingerprint density at radius 1 is 1.18 bits per heavy atom. The zero-order valence-corrected chi connectivity index (χ0v) is 12.5. The smallest absolute Gasteiger partial charge is 0.341 e. The molecule has 2 aromatic rings. The van der Waals surface area contributed by atoms with Gasteiger partial charge in [-0.2, -0.15) is 0 Å². The molecule has 0 unspecified atom stereocenters. The Morgan fingerprint density at radius 2 is 1.86 bits per heavy atom. The lowest BCUT2D eigenvalue weighted by Gasteiger charge is -2.08. The minimum Gasteiger partial charge on any atom is -0.457 e. The highest BCUT2D eigenvalue weighted by Gasteiger charge is 2.14. The molecule has 4 nitrogen and oxygen atoms in total. The van der Waals surface area contributed by atoms with Crippen LogP contribution in [0.5, 0.6) is 0 Å². The van der Waals surface area contributed by atoms with Gasteiger partial charge in [-0.3, -0.25) is 4.79 Å². The second kappa shape index (κ2) is 7.04. The molecule has 0 fully saturated rings. The Labute approximate surface area is 131 Å². The van der Waals surface area contributed by atoms with Crippen molar-refractivity contribution >= 4 is 29.2 Å². The number of benzene rings is 2. The van der Waals surface area contributed by atoms with E-state index < -0.39 is 11.8 Å². The van der Waals surface area contributed by atoms with E-state index in [2.05, 4.69) is 5.32 Å². The van der Waals surface area contributed by atoms with Gasteiger partial charge in [0.15, 0.2) is 0 Å². The van der Waals surface area contributed by atoms with Crippen molar-refractivity contribution in [3.8, 4) is 0 Å². The second-order valence-corrected chi connectivity index (χ2v) is 5.01. The van der Waals surface area contributed by atoms with Crippen LogP contribution in [-0.2, 0) is 16.1 Å². The highest BCUT2D eigenvalue weighted by atomic mass is 35.5. The SMILES string of the molecule is CC(=O)Nc1ccc(F)c(C(=O)OCc2ccc(Cl)cc2)c1. The van der Waals surface area contributed by atoms with E-state index in [9.17, 15) is 14.0 Å². The van der Waals surface area contributed by atoms with Crippen molar-refractivity contribution < 1.29 is 18.7 Å². The van der Waals surface area contributed by atoms with Crippen LogP contribution in [0, 0.1) is 5.82 Å². The van der Waals surface area contributed by atoms with E-state index in [1.165, 1.54) is 19.1 Å². The molecule has 0 saturated heterocycles. The first kappa shape index (κ1) is 16.0. The number of hydrogen-bond acceptors (Lipinski definition) is 3. The van der Waals surface area contributed by atoms with Crippen LogP contribution < -0.4 is 5.32 Å². The third-order valence-corrected chi connectivity index (χ3v) is 3.04. The van der Waals surface area contributed by atoms with Crippen LogP contribution >= 0.6 is 11.6 Å². The van der Waals surface area contributed by atoms with Crippen LogP contribution in [0.3, 0.4) is 0 Å². The van der Waals surface area contributed by atoms with E-state index >= 15 is 0 Å². The zero-order valence-electron chi connectivity index (χ0n) is 11.7. The fourth-order valence-corrected chi connectivity index (χ4v) is 1.90. The van der Waals surface area contributed by atoms with Crippen LogP contribution in [-0.4, -0.2) is 11.9 Å². The molecular formula is C16H13ClFNO3. The third-order valence-electron chi connectivity index (χ3n) is 2.79. The third kappa shape index (κ3) is 4.30. The van der Waals surface area contributed by atoms with Gasteiger partial charge in [0, 0.05) is 17.6 Å². The Hall–Kier alpha value is -2.40. The summed E-state index contributed by atoms with van der Waals surface area (Å²) in [7, 11) is 0. The fraction of sp³-hybridized carbons (Fsp3) is 0.125. The molecule has 0 saturated carbocycles. The number of ether oxygens (including phenoxy) is 1. The van der Waals surface area contributed by atoms with Crippen LogP contribution in [0.2, 0.25) is 5.02 Å². The molecule has 0 aliphatic carbocycles. The number of esters is 1. The van der Waals surface area contributed by atoms with Crippen molar-refractivity contribution in [3.05, 3.63) is 64.4 Å². The number of halogens is 2. The maximum atomic E-state index is 13.7. The maximum Gasteiger partial charge on any atom is 0.341 e. The molecule has 0 bridgehead atoms. The molecule has 0 radical (unpaired) electrons. The number of amides is 1.